The smallest absolute Gasteiger partial charge is 0.246 e. The zero-order valence-electron chi connectivity index (χ0n) is 15.8. The van der Waals surface area contributed by atoms with Gasteiger partial charge < -0.3 is 10.2 Å². The van der Waals surface area contributed by atoms with Crippen LogP contribution >= 0.6 is 11.3 Å². The van der Waals surface area contributed by atoms with Crippen LogP contribution in [0, 0.1) is 6.92 Å². The van der Waals surface area contributed by atoms with Gasteiger partial charge in [-0.25, -0.2) is 9.97 Å². The quantitative estimate of drug-likeness (QED) is 0.639. The Morgan fingerprint density at radius 1 is 1.29 bits per heavy atom. The van der Waals surface area contributed by atoms with Gasteiger partial charge in [-0.1, -0.05) is 11.6 Å². The molecule has 0 saturated carbocycles. The molecular weight excluding hydrogens is 372 g/mol. The van der Waals surface area contributed by atoms with Crippen LogP contribution in [0.25, 0.3) is 6.08 Å². The van der Waals surface area contributed by atoms with Crippen LogP contribution in [0.5, 0.6) is 0 Å². The standard InChI is InChI=1S/C21H22N4O2S/c1-14-12-22-19(28-14)11-15-6-8-25(9-7-15)20(27)5-2-16-10-17-3-4-18(26)24-21(17)23-13-16/h2,5-6,10,12-13H,3-4,7-9,11H2,1H3,(H,23,24,26)/b5-2+. The topological polar surface area (TPSA) is 75.2 Å². The minimum absolute atomic E-state index is 0.000914. The predicted octanol–water partition coefficient (Wildman–Crippen LogP) is 3.15. The third-order valence-corrected chi connectivity index (χ3v) is 5.86. The molecule has 2 aliphatic heterocycles. The SMILES string of the molecule is Cc1cnc(CC2=CCN(C(=O)/C=C/c3cnc4c(c3)CCC(=O)N4)CC2)s1. The lowest BCUT2D eigenvalue weighted by Crippen LogP contribution is -2.33. The Kier molecular flexibility index (Phi) is 5.34. The van der Waals surface area contributed by atoms with Gasteiger partial charge in [-0.3, -0.25) is 9.59 Å². The number of aryl methyl sites for hydroxylation is 2. The van der Waals surface area contributed by atoms with Crippen molar-refractivity contribution >= 4 is 35.0 Å². The van der Waals surface area contributed by atoms with Crippen LogP contribution in [0.15, 0.2) is 36.2 Å². The lowest BCUT2D eigenvalue weighted by atomic mass is 10.0. The second-order valence-electron chi connectivity index (χ2n) is 7.10. The fourth-order valence-electron chi connectivity index (χ4n) is 3.39. The fourth-order valence-corrected chi connectivity index (χ4v) is 4.23. The molecule has 0 aliphatic carbocycles. The molecule has 0 aromatic carbocycles. The molecule has 2 aliphatic rings. The predicted molar refractivity (Wildman–Crippen MR) is 110 cm³/mol. The number of carbonyl (C=O) groups excluding carboxylic acids is 2. The first-order valence-corrected chi connectivity index (χ1v) is 10.2. The molecule has 6 nitrogen and oxygen atoms in total. The van der Waals surface area contributed by atoms with Crippen molar-refractivity contribution in [3.8, 4) is 0 Å². The van der Waals surface area contributed by atoms with Gasteiger partial charge in [-0.05, 0) is 43.0 Å². The van der Waals surface area contributed by atoms with E-state index in [-0.39, 0.29) is 11.8 Å². The van der Waals surface area contributed by atoms with E-state index in [2.05, 4.69) is 28.3 Å². The Balaban J connectivity index is 1.35. The van der Waals surface area contributed by atoms with E-state index >= 15 is 0 Å². The first kappa shape index (κ1) is 18.6. The number of fused-ring (bicyclic) bond motifs is 1. The summed E-state index contributed by atoms with van der Waals surface area (Å²) in [4.78, 5) is 35.7. The highest BCUT2D eigenvalue weighted by Crippen LogP contribution is 2.22. The van der Waals surface area contributed by atoms with E-state index in [4.69, 9.17) is 0 Å². The number of anilines is 1. The molecule has 0 atom stereocenters. The summed E-state index contributed by atoms with van der Waals surface area (Å²) in [5.41, 5.74) is 3.23. The summed E-state index contributed by atoms with van der Waals surface area (Å²) in [6.07, 6.45) is 12.1. The highest BCUT2D eigenvalue weighted by molar-refractivity contribution is 7.11. The molecule has 2 aromatic rings. The number of hydrogen-bond donors (Lipinski definition) is 1. The lowest BCUT2D eigenvalue weighted by Gasteiger charge is -2.25. The number of aromatic nitrogens is 2. The van der Waals surface area contributed by atoms with Crippen LogP contribution in [-0.4, -0.2) is 39.8 Å². The molecule has 2 amide bonds. The highest BCUT2D eigenvalue weighted by atomic mass is 32.1. The number of nitrogens with one attached hydrogen (secondary N) is 1. The number of rotatable bonds is 4. The van der Waals surface area contributed by atoms with Crippen LogP contribution in [0.3, 0.4) is 0 Å². The molecular formula is C21H22N4O2S. The average molecular weight is 395 g/mol. The normalized spacial score (nSPS) is 16.7. The summed E-state index contributed by atoms with van der Waals surface area (Å²) in [5, 5.41) is 3.91. The maximum atomic E-state index is 12.5. The average Bonchev–Trinajstić information content (AvgIpc) is 3.11. The molecule has 28 heavy (non-hydrogen) atoms. The van der Waals surface area contributed by atoms with Crippen molar-refractivity contribution in [3.63, 3.8) is 0 Å². The van der Waals surface area contributed by atoms with Gasteiger partial charge >= 0.3 is 0 Å². The summed E-state index contributed by atoms with van der Waals surface area (Å²) in [6, 6.07) is 1.98. The largest absolute Gasteiger partial charge is 0.335 e. The van der Waals surface area contributed by atoms with Crippen molar-refractivity contribution in [1.29, 1.82) is 0 Å². The van der Waals surface area contributed by atoms with Crippen molar-refractivity contribution in [2.24, 2.45) is 0 Å². The van der Waals surface area contributed by atoms with Crippen molar-refractivity contribution in [2.75, 3.05) is 18.4 Å². The molecule has 144 valence electrons. The first-order chi connectivity index (χ1) is 13.6. The van der Waals surface area contributed by atoms with Crippen LogP contribution in [0.4, 0.5) is 5.82 Å². The second-order valence-corrected chi connectivity index (χ2v) is 8.42. The minimum Gasteiger partial charge on any atom is -0.335 e. The molecule has 4 heterocycles. The van der Waals surface area contributed by atoms with Crippen molar-refractivity contribution in [3.05, 3.63) is 57.2 Å². The molecule has 0 radical (unpaired) electrons. The minimum atomic E-state index is 0.000914. The van der Waals surface area contributed by atoms with Crippen LogP contribution in [0.2, 0.25) is 0 Å². The summed E-state index contributed by atoms with van der Waals surface area (Å²) in [7, 11) is 0. The molecule has 0 unspecified atom stereocenters. The Morgan fingerprint density at radius 2 is 2.18 bits per heavy atom. The van der Waals surface area contributed by atoms with E-state index in [1.165, 1.54) is 10.5 Å². The molecule has 4 rings (SSSR count). The molecule has 1 N–H and O–H groups in total. The zero-order valence-corrected chi connectivity index (χ0v) is 16.6. The molecule has 0 bridgehead atoms. The van der Waals surface area contributed by atoms with Crippen molar-refractivity contribution in [2.45, 2.75) is 32.6 Å². The lowest BCUT2D eigenvalue weighted by molar-refractivity contribution is -0.125. The summed E-state index contributed by atoms with van der Waals surface area (Å²) >= 11 is 1.73. The number of thiazole rings is 1. The monoisotopic (exact) mass is 394 g/mol. The van der Waals surface area contributed by atoms with E-state index < -0.39 is 0 Å². The molecule has 0 fully saturated rings. The molecule has 0 saturated heterocycles. The van der Waals surface area contributed by atoms with Crippen LogP contribution < -0.4 is 5.32 Å². The number of hydrogen-bond acceptors (Lipinski definition) is 5. The van der Waals surface area contributed by atoms with E-state index in [1.54, 1.807) is 29.7 Å². The van der Waals surface area contributed by atoms with E-state index in [9.17, 15) is 9.59 Å². The van der Waals surface area contributed by atoms with Gasteiger partial charge in [0.2, 0.25) is 11.8 Å². The summed E-state index contributed by atoms with van der Waals surface area (Å²) in [5.74, 6) is 0.635. The number of carbonyl (C=O) groups is 2. The second kappa shape index (κ2) is 8.06. The maximum Gasteiger partial charge on any atom is 0.246 e. The van der Waals surface area contributed by atoms with Gasteiger partial charge in [-0.15, -0.1) is 11.3 Å². The molecule has 7 heteroatoms. The van der Waals surface area contributed by atoms with Gasteiger partial charge in [0.05, 0.1) is 5.01 Å². The summed E-state index contributed by atoms with van der Waals surface area (Å²) < 4.78 is 0. The fraction of sp³-hybridized carbons (Fsp3) is 0.333. The van der Waals surface area contributed by atoms with Gasteiger partial charge in [0.15, 0.2) is 0 Å². The number of amides is 2. The zero-order chi connectivity index (χ0) is 19.5. The maximum absolute atomic E-state index is 12.5. The van der Waals surface area contributed by atoms with E-state index in [0.29, 0.717) is 25.2 Å². The van der Waals surface area contributed by atoms with Gasteiger partial charge in [0.25, 0.3) is 0 Å². The third kappa shape index (κ3) is 4.36. The first-order valence-electron chi connectivity index (χ1n) is 9.42. The van der Waals surface area contributed by atoms with Crippen molar-refractivity contribution in [1.82, 2.24) is 14.9 Å². The number of pyridine rings is 1. The molecule has 2 aromatic heterocycles. The Hall–Kier alpha value is -2.80. The van der Waals surface area contributed by atoms with E-state index in [0.717, 1.165) is 35.5 Å². The van der Waals surface area contributed by atoms with Gasteiger partial charge in [-0.2, -0.15) is 0 Å². The van der Waals surface area contributed by atoms with Crippen LogP contribution in [-0.2, 0) is 22.4 Å². The van der Waals surface area contributed by atoms with Gasteiger partial charge in [0, 0.05) is 49.3 Å². The summed E-state index contributed by atoms with van der Waals surface area (Å²) in [6.45, 7) is 3.43. The Bertz CT molecular complexity index is 977. The number of nitrogens with zero attached hydrogens (tertiary/aromatic N) is 3. The van der Waals surface area contributed by atoms with Crippen LogP contribution in [0.1, 0.15) is 33.9 Å². The highest BCUT2D eigenvalue weighted by Gasteiger charge is 2.17. The van der Waals surface area contributed by atoms with Crippen molar-refractivity contribution < 1.29 is 9.59 Å². The third-order valence-electron chi connectivity index (χ3n) is 4.95. The molecule has 0 spiro atoms. The van der Waals surface area contributed by atoms with E-state index in [1.807, 2.05) is 17.2 Å². The van der Waals surface area contributed by atoms with Gasteiger partial charge in [0.1, 0.15) is 5.82 Å². The Morgan fingerprint density at radius 3 is 2.93 bits per heavy atom. The Labute approximate surface area is 168 Å².